The molecule has 3 aliphatic heterocycles. The van der Waals surface area contributed by atoms with Crippen LogP contribution in [0.25, 0.3) is 0 Å². The van der Waals surface area contributed by atoms with Gasteiger partial charge in [0, 0.05) is 35.3 Å². The lowest BCUT2D eigenvalue weighted by molar-refractivity contribution is -0.384. The van der Waals surface area contributed by atoms with E-state index >= 15 is 0 Å². The Hall–Kier alpha value is -3.78. The fourth-order valence-corrected chi connectivity index (χ4v) is 6.31. The first-order valence-corrected chi connectivity index (χ1v) is 11.0. The van der Waals surface area contributed by atoms with E-state index in [1.807, 2.05) is 30.3 Å². The highest BCUT2D eigenvalue weighted by Crippen LogP contribution is 2.61. The van der Waals surface area contributed by atoms with Gasteiger partial charge in [0.05, 0.1) is 17.1 Å². The molecule has 0 radical (unpaired) electrons. The van der Waals surface area contributed by atoms with Gasteiger partial charge in [-0.05, 0) is 43.1 Å². The van der Waals surface area contributed by atoms with Crippen molar-refractivity contribution < 1.29 is 18.9 Å². The van der Waals surface area contributed by atoms with Gasteiger partial charge in [0.2, 0.25) is 11.7 Å². The molecule has 6 rings (SSSR count). The standard InChI is InChI=1S/C25H21N3O5/c29-23(20-11-5-13-33-20)22-21(15-6-3-7-16(14-15)28(31)32)19-10-4-12-27(19)25(22)17-8-1-2-9-18(17)26-24(25)30/h1-3,5-9,11,13-14,19,21-22H,4,10,12H2,(H,26,30)/t19-,21-,22-,25+/m1/s1. The topological polar surface area (TPSA) is 106 Å². The number of nitrogens with one attached hydrogen (secondary N) is 1. The Morgan fingerprint density at radius 2 is 2.00 bits per heavy atom. The molecule has 2 aromatic carbocycles. The minimum absolute atomic E-state index is 0.0292. The average Bonchev–Trinajstić information content (AvgIpc) is 3.59. The Balaban J connectivity index is 1.62. The summed E-state index contributed by atoms with van der Waals surface area (Å²) in [5, 5.41) is 14.5. The van der Waals surface area contributed by atoms with E-state index in [1.54, 1.807) is 24.3 Å². The number of nitro groups is 1. The van der Waals surface area contributed by atoms with E-state index in [0.29, 0.717) is 17.8 Å². The van der Waals surface area contributed by atoms with Gasteiger partial charge in [-0.2, -0.15) is 0 Å². The van der Waals surface area contributed by atoms with E-state index in [1.165, 1.54) is 12.3 Å². The van der Waals surface area contributed by atoms with Gasteiger partial charge >= 0.3 is 0 Å². The van der Waals surface area contributed by atoms with Crippen molar-refractivity contribution in [1.29, 1.82) is 0 Å². The molecule has 1 N–H and O–H groups in total. The van der Waals surface area contributed by atoms with E-state index in [0.717, 1.165) is 18.4 Å². The predicted molar refractivity (Wildman–Crippen MR) is 119 cm³/mol. The van der Waals surface area contributed by atoms with Crippen LogP contribution in [0.2, 0.25) is 0 Å². The Morgan fingerprint density at radius 1 is 1.15 bits per heavy atom. The van der Waals surface area contributed by atoms with E-state index < -0.39 is 22.3 Å². The summed E-state index contributed by atoms with van der Waals surface area (Å²) >= 11 is 0. The number of fused-ring (bicyclic) bond motifs is 4. The van der Waals surface area contributed by atoms with Crippen LogP contribution < -0.4 is 5.32 Å². The summed E-state index contributed by atoms with van der Waals surface area (Å²) in [4.78, 5) is 41.1. The number of nitrogens with zero attached hydrogens (tertiary/aromatic N) is 2. The number of hydrogen-bond acceptors (Lipinski definition) is 6. The zero-order chi connectivity index (χ0) is 22.7. The number of benzene rings is 2. The second-order valence-electron chi connectivity index (χ2n) is 8.87. The highest BCUT2D eigenvalue weighted by molar-refractivity contribution is 6.11. The molecular weight excluding hydrogens is 422 g/mol. The van der Waals surface area contributed by atoms with Crippen molar-refractivity contribution in [2.75, 3.05) is 11.9 Å². The summed E-state index contributed by atoms with van der Waals surface area (Å²) in [5.74, 6) is -1.50. The number of ketones is 1. The Morgan fingerprint density at radius 3 is 2.79 bits per heavy atom. The third-order valence-electron chi connectivity index (χ3n) is 7.42. The van der Waals surface area contributed by atoms with E-state index in [4.69, 9.17) is 4.42 Å². The van der Waals surface area contributed by atoms with Gasteiger partial charge in [-0.1, -0.05) is 30.3 Å². The molecule has 1 spiro atoms. The largest absolute Gasteiger partial charge is 0.461 e. The minimum Gasteiger partial charge on any atom is -0.461 e. The van der Waals surface area contributed by atoms with Gasteiger partial charge in [-0.3, -0.25) is 24.6 Å². The smallest absolute Gasteiger partial charge is 0.269 e. The van der Waals surface area contributed by atoms with Gasteiger partial charge in [-0.15, -0.1) is 0 Å². The minimum atomic E-state index is -1.20. The van der Waals surface area contributed by atoms with Crippen molar-refractivity contribution in [1.82, 2.24) is 4.90 Å². The second kappa shape index (κ2) is 7.11. The fourth-order valence-electron chi connectivity index (χ4n) is 6.31. The van der Waals surface area contributed by atoms with Gasteiger partial charge in [0.1, 0.15) is 5.54 Å². The number of amides is 1. The van der Waals surface area contributed by atoms with Crippen LogP contribution >= 0.6 is 0 Å². The molecule has 2 fully saturated rings. The van der Waals surface area contributed by atoms with Gasteiger partial charge < -0.3 is 9.73 Å². The fraction of sp³-hybridized carbons (Fsp3) is 0.280. The van der Waals surface area contributed by atoms with Crippen molar-refractivity contribution in [3.63, 3.8) is 0 Å². The molecule has 0 unspecified atom stereocenters. The Labute approximate surface area is 189 Å². The first-order valence-electron chi connectivity index (χ1n) is 11.0. The molecule has 166 valence electrons. The van der Waals surface area contributed by atoms with Crippen molar-refractivity contribution in [3.05, 3.63) is 93.9 Å². The average molecular weight is 443 g/mol. The van der Waals surface area contributed by atoms with Crippen LogP contribution in [0.1, 0.15) is 40.4 Å². The number of rotatable bonds is 4. The molecule has 0 bridgehead atoms. The number of nitro benzene ring substituents is 1. The summed E-state index contributed by atoms with van der Waals surface area (Å²) in [7, 11) is 0. The maximum Gasteiger partial charge on any atom is 0.269 e. The number of Topliss-reactive ketones (excluding diaryl/α,β-unsaturated/α-hetero) is 1. The van der Waals surface area contributed by atoms with Crippen molar-refractivity contribution in [2.24, 2.45) is 5.92 Å². The summed E-state index contributed by atoms with van der Waals surface area (Å²) in [5.41, 5.74) is 0.944. The lowest BCUT2D eigenvalue weighted by Gasteiger charge is -2.36. The molecule has 33 heavy (non-hydrogen) atoms. The van der Waals surface area contributed by atoms with Crippen LogP contribution in [0.15, 0.2) is 71.3 Å². The SMILES string of the molecule is O=C(c1ccco1)[C@H]1[C@H](c2cccc([N+](=O)[O-])c2)[C@H]2CCCN2[C@]12C(=O)Nc1ccccc12. The molecule has 8 heteroatoms. The number of non-ortho nitro benzene ring substituents is 1. The number of para-hydroxylation sites is 1. The number of furan rings is 1. The van der Waals surface area contributed by atoms with Crippen molar-refractivity contribution in [2.45, 2.75) is 30.3 Å². The predicted octanol–water partition coefficient (Wildman–Crippen LogP) is 4.10. The lowest BCUT2D eigenvalue weighted by Crippen LogP contribution is -2.52. The molecule has 0 saturated carbocycles. The summed E-state index contributed by atoms with van der Waals surface area (Å²) < 4.78 is 5.49. The normalized spacial score (nSPS) is 28.0. The zero-order valence-electron chi connectivity index (χ0n) is 17.6. The molecule has 1 amide bonds. The Bertz CT molecular complexity index is 1290. The molecule has 0 aliphatic carbocycles. The monoisotopic (exact) mass is 443 g/mol. The van der Waals surface area contributed by atoms with E-state index in [9.17, 15) is 19.7 Å². The molecule has 4 atom stereocenters. The summed E-state index contributed by atoms with van der Waals surface area (Å²) in [6.07, 6.45) is 3.13. The van der Waals surface area contributed by atoms with Crippen LogP contribution in [0, 0.1) is 16.0 Å². The Kier molecular flexibility index (Phi) is 4.28. The maximum absolute atomic E-state index is 14.0. The third-order valence-corrected chi connectivity index (χ3v) is 7.42. The second-order valence-corrected chi connectivity index (χ2v) is 8.87. The van der Waals surface area contributed by atoms with Crippen LogP contribution in [0.4, 0.5) is 11.4 Å². The molecular formula is C25H21N3O5. The van der Waals surface area contributed by atoms with Gasteiger partial charge in [0.15, 0.2) is 5.76 Å². The molecule has 8 nitrogen and oxygen atoms in total. The summed E-state index contributed by atoms with van der Waals surface area (Å²) in [6.45, 7) is 0.666. The van der Waals surface area contributed by atoms with Crippen molar-refractivity contribution in [3.8, 4) is 0 Å². The third kappa shape index (κ3) is 2.61. The van der Waals surface area contributed by atoms with Crippen molar-refractivity contribution >= 4 is 23.1 Å². The number of anilines is 1. The first kappa shape index (κ1) is 19.9. The van der Waals surface area contributed by atoms with Crippen LogP contribution in [-0.2, 0) is 10.3 Å². The molecule has 1 aromatic heterocycles. The van der Waals surface area contributed by atoms with Crippen LogP contribution in [0.5, 0.6) is 0 Å². The van der Waals surface area contributed by atoms with Gasteiger partial charge in [-0.25, -0.2) is 0 Å². The number of hydrogen-bond donors (Lipinski definition) is 1. The quantitative estimate of drug-likeness (QED) is 0.370. The first-order chi connectivity index (χ1) is 16.0. The van der Waals surface area contributed by atoms with E-state index in [-0.39, 0.29) is 29.2 Å². The number of carbonyl (C=O) groups is 2. The maximum atomic E-state index is 14.0. The summed E-state index contributed by atoms with van der Waals surface area (Å²) in [6, 6.07) is 17.1. The van der Waals surface area contributed by atoms with Crippen LogP contribution in [0.3, 0.4) is 0 Å². The molecule has 4 heterocycles. The highest BCUT2D eigenvalue weighted by atomic mass is 16.6. The van der Waals surface area contributed by atoms with Gasteiger partial charge in [0.25, 0.3) is 5.69 Å². The molecule has 3 aliphatic rings. The zero-order valence-corrected chi connectivity index (χ0v) is 17.6. The molecule has 2 saturated heterocycles. The number of carbonyl (C=O) groups excluding carboxylic acids is 2. The lowest BCUT2D eigenvalue weighted by atomic mass is 9.69. The molecule has 3 aromatic rings. The highest BCUT2D eigenvalue weighted by Gasteiger charge is 2.69. The van der Waals surface area contributed by atoms with E-state index in [2.05, 4.69) is 10.2 Å². The van der Waals surface area contributed by atoms with Crippen LogP contribution in [-0.4, -0.2) is 34.1 Å².